The van der Waals surface area contributed by atoms with Gasteiger partial charge in [-0.2, -0.15) is 0 Å². The van der Waals surface area contributed by atoms with E-state index in [2.05, 4.69) is 15.4 Å². The molecule has 0 aliphatic carbocycles. The van der Waals surface area contributed by atoms with E-state index in [0.717, 1.165) is 5.56 Å². The van der Waals surface area contributed by atoms with Crippen molar-refractivity contribution < 1.29 is 12.8 Å². The highest BCUT2D eigenvalue weighted by Crippen LogP contribution is 2.21. The first kappa shape index (κ1) is 18.1. The summed E-state index contributed by atoms with van der Waals surface area (Å²) >= 11 is 0. The number of sulfonamides is 1. The van der Waals surface area contributed by atoms with Gasteiger partial charge in [0.1, 0.15) is 11.6 Å². The molecule has 0 saturated carbocycles. The first-order valence-electron chi connectivity index (χ1n) is 8.36. The topological polar surface area (TPSA) is 102 Å². The van der Waals surface area contributed by atoms with Crippen LogP contribution in [0.1, 0.15) is 5.56 Å². The first-order chi connectivity index (χ1) is 13.4. The van der Waals surface area contributed by atoms with Crippen molar-refractivity contribution in [2.45, 2.75) is 11.4 Å². The van der Waals surface area contributed by atoms with Crippen LogP contribution in [0.5, 0.6) is 0 Å². The van der Waals surface area contributed by atoms with E-state index in [1.54, 1.807) is 41.0 Å². The van der Waals surface area contributed by atoms with Gasteiger partial charge >= 0.3 is 0 Å². The van der Waals surface area contributed by atoms with Crippen LogP contribution in [-0.4, -0.2) is 23.0 Å². The van der Waals surface area contributed by atoms with Crippen LogP contribution in [-0.2, 0) is 16.6 Å². The molecule has 0 bridgehead atoms. The predicted molar refractivity (Wildman–Crippen MR) is 104 cm³/mol. The second kappa shape index (κ2) is 7.02. The molecule has 0 aliphatic heterocycles. The molecule has 4 rings (SSSR count). The molecule has 0 radical (unpaired) electrons. The Balaban J connectivity index is 1.57. The van der Waals surface area contributed by atoms with Gasteiger partial charge < -0.3 is 5.32 Å². The van der Waals surface area contributed by atoms with Crippen molar-refractivity contribution in [3.05, 3.63) is 78.2 Å². The molecular formula is C19H16FN5O2S. The second-order valence-corrected chi connectivity index (χ2v) is 7.75. The molecule has 28 heavy (non-hydrogen) atoms. The Bertz CT molecular complexity index is 1250. The van der Waals surface area contributed by atoms with Crippen LogP contribution in [0.15, 0.2) is 71.8 Å². The lowest BCUT2D eigenvalue weighted by Crippen LogP contribution is -2.12. The molecule has 0 spiro atoms. The third kappa shape index (κ3) is 3.71. The fourth-order valence-corrected chi connectivity index (χ4v) is 3.32. The Kier molecular flexibility index (Phi) is 4.54. The van der Waals surface area contributed by atoms with Gasteiger partial charge in [-0.3, -0.25) is 0 Å². The highest BCUT2D eigenvalue weighted by atomic mass is 32.2. The zero-order valence-corrected chi connectivity index (χ0v) is 15.4. The minimum absolute atomic E-state index is 0.0638. The van der Waals surface area contributed by atoms with Crippen molar-refractivity contribution in [3.63, 3.8) is 0 Å². The summed E-state index contributed by atoms with van der Waals surface area (Å²) in [6, 6.07) is 16.1. The van der Waals surface area contributed by atoms with Gasteiger partial charge in [0.25, 0.3) is 0 Å². The summed E-state index contributed by atoms with van der Waals surface area (Å²) < 4.78 is 37.8. The number of aromatic nitrogens is 3. The Hall–Kier alpha value is -3.30. The molecule has 0 amide bonds. The second-order valence-electron chi connectivity index (χ2n) is 6.18. The lowest BCUT2D eigenvalue weighted by molar-refractivity contribution is 0.597. The number of nitrogens with zero attached hydrogens (tertiary/aromatic N) is 3. The molecule has 2 heterocycles. The maximum Gasteiger partial charge on any atom is 0.238 e. The zero-order valence-electron chi connectivity index (χ0n) is 14.6. The summed E-state index contributed by atoms with van der Waals surface area (Å²) in [5, 5.41) is 12.8. The summed E-state index contributed by atoms with van der Waals surface area (Å²) in [6.07, 6.45) is 1.65. The van der Waals surface area contributed by atoms with Crippen LogP contribution in [0, 0.1) is 5.82 Å². The number of fused-ring (bicyclic) bond motifs is 1. The number of nitrogens with one attached hydrogen (secondary N) is 1. The van der Waals surface area contributed by atoms with E-state index in [1.807, 2.05) is 6.07 Å². The van der Waals surface area contributed by atoms with E-state index < -0.39 is 10.0 Å². The van der Waals surface area contributed by atoms with Crippen molar-refractivity contribution in [2.75, 3.05) is 5.32 Å². The van der Waals surface area contributed by atoms with Gasteiger partial charge in [-0.15, -0.1) is 5.10 Å². The van der Waals surface area contributed by atoms with Crippen LogP contribution >= 0.6 is 0 Å². The fourth-order valence-electron chi connectivity index (χ4n) is 2.80. The van der Waals surface area contributed by atoms with E-state index in [1.165, 1.54) is 24.3 Å². The molecule has 2 aromatic carbocycles. The minimum Gasteiger partial charge on any atom is -0.365 e. The number of nitrogens with two attached hydrogens (primary N) is 1. The first-order valence-corrected chi connectivity index (χ1v) is 9.91. The zero-order chi connectivity index (χ0) is 19.7. The van der Waals surface area contributed by atoms with Crippen molar-refractivity contribution in [1.29, 1.82) is 0 Å². The number of primary sulfonamides is 1. The number of imidazole rings is 1. The molecule has 0 saturated heterocycles. The number of benzene rings is 2. The number of rotatable bonds is 5. The predicted octanol–water partition coefficient (Wildman–Crippen LogP) is 2.79. The quantitative estimate of drug-likeness (QED) is 0.539. The van der Waals surface area contributed by atoms with Gasteiger partial charge in [-0.1, -0.05) is 24.3 Å². The van der Waals surface area contributed by atoms with E-state index in [4.69, 9.17) is 5.14 Å². The van der Waals surface area contributed by atoms with Gasteiger partial charge in [0.15, 0.2) is 5.65 Å². The molecule has 7 nitrogen and oxygen atoms in total. The molecule has 4 aromatic rings. The van der Waals surface area contributed by atoms with Gasteiger partial charge in [0.05, 0.1) is 16.8 Å². The number of anilines is 1. The van der Waals surface area contributed by atoms with Gasteiger partial charge in [0.2, 0.25) is 10.0 Å². The molecule has 0 fully saturated rings. The average Bonchev–Trinajstić information content (AvgIpc) is 3.09. The largest absolute Gasteiger partial charge is 0.365 e. The molecule has 2 aromatic heterocycles. The maximum atomic E-state index is 13.5. The third-order valence-electron chi connectivity index (χ3n) is 4.21. The molecule has 3 N–H and O–H groups in total. The Morgan fingerprint density at radius 3 is 2.57 bits per heavy atom. The number of halogens is 1. The fraction of sp³-hybridized carbons (Fsp3) is 0.0526. The monoisotopic (exact) mass is 397 g/mol. The van der Waals surface area contributed by atoms with Crippen LogP contribution in [0.4, 0.5) is 10.2 Å². The van der Waals surface area contributed by atoms with Crippen LogP contribution in [0.2, 0.25) is 0 Å². The van der Waals surface area contributed by atoms with E-state index >= 15 is 0 Å². The normalized spacial score (nSPS) is 11.6. The summed E-state index contributed by atoms with van der Waals surface area (Å²) in [7, 11) is -3.71. The van der Waals surface area contributed by atoms with Crippen molar-refractivity contribution >= 4 is 21.5 Å². The van der Waals surface area contributed by atoms with Gasteiger partial charge in [0, 0.05) is 12.1 Å². The number of hydrogen-bond acceptors (Lipinski definition) is 5. The third-order valence-corrected chi connectivity index (χ3v) is 5.14. The van der Waals surface area contributed by atoms with Crippen LogP contribution in [0.25, 0.3) is 16.9 Å². The van der Waals surface area contributed by atoms with Crippen LogP contribution in [0.3, 0.4) is 0 Å². The van der Waals surface area contributed by atoms with E-state index in [-0.39, 0.29) is 10.7 Å². The van der Waals surface area contributed by atoms with Crippen LogP contribution < -0.4 is 10.5 Å². The van der Waals surface area contributed by atoms with E-state index in [9.17, 15) is 12.8 Å². The molecular weight excluding hydrogens is 381 g/mol. The van der Waals surface area contributed by atoms with E-state index in [0.29, 0.717) is 29.3 Å². The highest BCUT2D eigenvalue weighted by Gasteiger charge is 2.09. The Morgan fingerprint density at radius 1 is 1.07 bits per heavy atom. The summed E-state index contributed by atoms with van der Waals surface area (Å²) in [6.45, 7) is 0.438. The SMILES string of the molecule is NS(=O)(=O)c1ccc(CNc2ccc3ncc(-c4cccc(F)c4)n3n2)cc1. The van der Waals surface area contributed by atoms with Gasteiger partial charge in [-0.05, 0) is 42.0 Å². The van der Waals surface area contributed by atoms with Gasteiger partial charge in [-0.25, -0.2) is 27.4 Å². The Morgan fingerprint density at radius 2 is 1.86 bits per heavy atom. The minimum atomic E-state index is -3.71. The van der Waals surface area contributed by atoms with Crippen molar-refractivity contribution in [2.24, 2.45) is 5.14 Å². The average molecular weight is 397 g/mol. The summed E-state index contributed by atoms with van der Waals surface area (Å²) in [4.78, 5) is 4.36. The molecule has 0 aliphatic rings. The maximum absolute atomic E-state index is 13.5. The highest BCUT2D eigenvalue weighted by molar-refractivity contribution is 7.89. The summed E-state index contributed by atoms with van der Waals surface area (Å²) in [5.74, 6) is 0.267. The molecule has 0 unspecified atom stereocenters. The van der Waals surface area contributed by atoms with Crippen molar-refractivity contribution in [1.82, 2.24) is 14.6 Å². The molecule has 142 valence electrons. The summed E-state index contributed by atoms with van der Waals surface area (Å²) in [5.41, 5.74) is 2.86. The number of hydrogen-bond donors (Lipinski definition) is 2. The molecule has 9 heteroatoms. The standard InChI is InChI=1S/C19H16FN5O2S/c20-15-3-1-2-14(10-15)17-12-23-19-9-8-18(24-25(17)19)22-11-13-4-6-16(7-5-13)28(21,26)27/h1-10,12H,11H2,(H,22,24)(H2,21,26,27). The Labute approximate surface area is 160 Å². The lowest BCUT2D eigenvalue weighted by Gasteiger charge is -2.08. The lowest BCUT2D eigenvalue weighted by atomic mass is 10.2. The van der Waals surface area contributed by atoms with Crippen molar-refractivity contribution in [3.8, 4) is 11.3 Å². The smallest absolute Gasteiger partial charge is 0.238 e. The molecule has 0 atom stereocenters.